The number of hydrogen-bond donors (Lipinski definition) is 1. The third-order valence-corrected chi connectivity index (χ3v) is 6.95. The van der Waals surface area contributed by atoms with E-state index in [1.54, 1.807) is 29.8 Å². The highest BCUT2D eigenvalue weighted by Crippen LogP contribution is 2.22. The number of carbonyl (C=O) groups excluding carboxylic acids is 2. The van der Waals surface area contributed by atoms with Crippen molar-refractivity contribution >= 4 is 35.2 Å². The summed E-state index contributed by atoms with van der Waals surface area (Å²) in [6.07, 6.45) is 0.429. The summed E-state index contributed by atoms with van der Waals surface area (Å²) in [6.45, 7) is 4.43. The lowest BCUT2D eigenvalue weighted by molar-refractivity contribution is -0.139. The van der Waals surface area contributed by atoms with Gasteiger partial charge in [0.25, 0.3) is 0 Å². The van der Waals surface area contributed by atoms with Crippen molar-refractivity contribution in [1.29, 1.82) is 0 Å². The number of carbonyl (C=O) groups is 2. The molecule has 0 saturated heterocycles. The Morgan fingerprint density at radius 3 is 2.24 bits per heavy atom. The molecule has 3 rings (SSSR count). The van der Waals surface area contributed by atoms with E-state index in [4.69, 9.17) is 11.6 Å². The van der Waals surface area contributed by atoms with Crippen LogP contribution in [0.15, 0.2) is 72.8 Å². The molecule has 1 unspecified atom stereocenters. The van der Waals surface area contributed by atoms with Crippen LogP contribution in [0.3, 0.4) is 0 Å². The molecule has 2 amide bonds. The van der Waals surface area contributed by atoms with Gasteiger partial charge in [0, 0.05) is 30.8 Å². The summed E-state index contributed by atoms with van der Waals surface area (Å²) in [6, 6.07) is 23.0. The number of aryl methyl sites for hydroxylation is 2. The molecule has 3 aromatic rings. The Bertz CT molecular complexity index is 1100. The van der Waals surface area contributed by atoms with Gasteiger partial charge in [0.1, 0.15) is 6.04 Å². The second-order valence-corrected chi connectivity index (χ2v) is 9.81. The Morgan fingerprint density at radius 1 is 0.941 bits per heavy atom. The highest BCUT2D eigenvalue weighted by atomic mass is 35.5. The lowest BCUT2D eigenvalue weighted by atomic mass is 10.0. The Morgan fingerprint density at radius 2 is 1.59 bits per heavy atom. The third kappa shape index (κ3) is 7.37. The van der Waals surface area contributed by atoms with Crippen molar-refractivity contribution in [3.05, 3.63) is 106 Å². The Labute approximate surface area is 211 Å². The zero-order valence-corrected chi connectivity index (χ0v) is 21.5. The van der Waals surface area contributed by atoms with Crippen molar-refractivity contribution in [2.24, 2.45) is 0 Å². The average Bonchev–Trinajstić information content (AvgIpc) is 2.82. The molecule has 0 aliphatic heterocycles. The molecule has 3 aromatic carbocycles. The molecular weight excluding hydrogens is 464 g/mol. The van der Waals surface area contributed by atoms with E-state index < -0.39 is 6.04 Å². The smallest absolute Gasteiger partial charge is 0.242 e. The molecule has 0 radical (unpaired) electrons. The van der Waals surface area contributed by atoms with Crippen LogP contribution in [0.1, 0.15) is 27.8 Å². The Hall–Kier alpha value is -2.76. The SMILES string of the molecule is CNC(=O)C(Cc1ccccc1)N(Cc1ccccc1Cl)C(=O)CSCc1cc(C)cc(C)c1. The minimum atomic E-state index is -0.641. The first kappa shape index (κ1) is 25.9. The van der Waals surface area contributed by atoms with E-state index in [-0.39, 0.29) is 24.1 Å². The van der Waals surface area contributed by atoms with Gasteiger partial charge in [0.2, 0.25) is 11.8 Å². The summed E-state index contributed by atoms with van der Waals surface area (Å²) >= 11 is 7.98. The van der Waals surface area contributed by atoms with E-state index in [0.29, 0.717) is 11.4 Å². The predicted octanol–water partition coefficient (Wildman–Crippen LogP) is 5.58. The highest BCUT2D eigenvalue weighted by Gasteiger charge is 2.30. The quantitative estimate of drug-likeness (QED) is 0.400. The fourth-order valence-corrected chi connectivity index (χ4v) is 5.06. The summed E-state index contributed by atoms with van der Waals surface area (Å²) in [7, 11) is 1.60. The molecule has 0 spiro atoms. The van der Waals surface area contributed by atoms with Gasteiger partial charge in [-0.3, -0.25) is 9.59 Å². The fourth-order valence-electron chi connectivity index (χ4n) is 4.02. The monoisotopic (exact) mass is 494 g/mol. The third-order valence-electron chi connectivity index (χ3n) is 5.59. The predicted molar refractivity (Wildman–Crippen MR) is 142 cm³/mol. The number of amides is 2. The number of benzene rings is 3. The van der Waals surface area contributed by atoms with E-state index in [9.17, 15) is 9.59 Å². The molecule has 0 heterocycles. The fraction of sp³-hybridized carbons (Fsp3) is 0.286. The summed E-state index contributed by atoms with van der Waals surface area (Å²) in [5.41, 5.74) is 5.43. The van der Waals surface area contributed by atoms with Crippen LogP contribution in [0, 0.1) is 13.8 Å². The molecule has 0 aromatic heterocycles. The lowest BCUT2D eigenvalue weighted by Crippen LogP contribution is -2.50. The number of nitrogens with zero attached hydrogens (tertiary/aromatic N) is 1. The first-order chi connectivity index (χ1) is 16.4. The maximum Gasteiger partial charge on any atom is 0.242 e. The van der Waals surface area contributed by atoms with E-state index in [2.05, 4.69) is 37.4 Å². The van der Waals surface area contributed by atoms with Gasteiger partial charge >= 0.3 is 0 Å². The first-order valence-electron chi connectivity index (χ1n) is 11.3. The molecular formula is C28H31ClN2O2S. The van der Waals surface area contributed by atoms with Crippen LogP contribution in [0.25, 0.3) is 0 Å². The van der Waals surface area contributed by atoms with Crippen LogP contribution in [-0.2, 0) is 28.3 Å². The largest absolute Gasteiger partial charge is 0.357 e. The van der Waals surface area contributed by atoms with Gasteiger partial charge in [0.05, 0.1) is 5.75 Å². The first-order valence-corrected chi connectivity index (χ1v) is 12.8. The van der Waals surface area contributed by atoms with Gasteiger partial charge < -0.3 is 10.2 Å². The average molecular weight is 495 g/mol. The zero-order valence-electron chi connectivity index (χ0n) is 19.9. The van der Waals surface area contributed by atoms with Crippen LogP contribution in [-0.4, -0.2) is 35.6 Å². The summed E-state index contributed by atoms with van der Waals surface area (Å²) in [5, 5.41) is 3.32. The van der Waals surface area contributed by atoms with E-state index in [1.165, 1.54) is 16.7 Å². The minimum Gasteiger partial charge on any atom is -0.357 e. The second-order valence-electron chi connectivity index (χ2n) is 8.42. The molecule has 0 fully saturated rings. The van der Waals surface area contributed by atoms with Crippen molar-refractivity contribution in [3.63, 3.8) is 0 Å². The number of rotatable bonds is 10. The number of thioether (sulfide) groups is 1. The normalized spacial score (nSPS) is 11.6. The van der Waals surface area contributed by atoms with Crippen LogP contribution in [0.5, 0.6) is 0 Å². The van der Waals surface area contributed by atoms with E-state index in [0.717, 1.165) is 16.9 Å². The molecule has 34 heavy (non-hydrogen) atoms. The maximum atomic E-state index is 13.5. The minimum absolute atomic E-state index is 0.0844. The Balaban J connectivity index is 1.82. The molecule has 0 aliphatic carbocycles. The summed E-state index contributed by atoms with van der Waals surface area (Å²) in [4.78, 5) is 28.1. The van der Waals surface area contributed by atoms with Crippen LogP contribution >= 0.6 is 23.4 Å². The Kier molecular flexibility index (Phi) is 9.61. The second kappa shape index (κ2) is 12.6. The van der Waals surface area contributed by atoms with Crippen molar-refractivity contribution in [2.75, 3.05) is 12.8 Å². The maximum absolute atomic E-state index is 13.5. The molecule has 1 N–H and O–H groups in total. The molecule has 4 nitrogen and oxygen atoms in total. The lowest BCUT2D eigenvalue weighted by Gasteiger charge is -2.31. The number of halogens is 1. The summed E-state index contributed by atoms with van der Waals surface area (Å²) in [5.74, 6) is 0.736. The van der Waals surface area contributed by atoms with Crippen LogP contribution in [0.4, 0.5) is 0 Å². The molecule has 0 saturated carbocycles. The van der Waals surface area contributed by atoms with E-state index in [1.807, 2.05) is 48.5 Å². The number of likely N-dealkylation sites (N-methyl/N-ethyl adjacent to an activating group) is 1. The standard InChI is InChI=1S/C28H31ClN2O2S/c1-20-13-21(2)15-23(14-20)18-34-19-27(32)31(17-24-11-7-8-12-25(24)29)26(28(33)30-3)16-22-9-5-4-6-10-22/h4-15,26H,16-19H2,1-3H3,(H,30,33). The molecule has 0 aliphatic rings. The van der Waals surface area contributed by atoms with Gasteiger partial charge in [-0.2, -0.15) is 0 Å². The van der Waals surface area contributed by atoms with Gasteiger partial charge in [0.15, 0.2) is 0 Å². The van der Waals surface area contributed by atoms with Crippen molar-refractivity contribution in [3.8, 4) is 0 Å². The number of nitrogens with one attached hydrogen (secondary N) is 1. The molecule has 0 bridgehead atoms. The van der Waals surface area contributed by atoms with Crippen molar-refractivity contribution in [1.82, 2.24) is 10.2 Å². The van der Waals surface area contributed by atoms with E-state index >= 15 is 0 Å². The summed E-state index contributed by atoms with van der Waals surface area (Å²) < 4.78 is 0. The highest BCUT2D eigenvalue weighted by molar-refractivity contribution is 7.99. The van der Waals surface area contributed by atoms with Crippen molar-refractivity contribution < 1.29 is 9.59 Å². The molecule has 178 valence electrons. The van der Waals surface area contributed by atoms with Gasteiger partial charge in [-0.05, 0) is 36.6 Å². The van der Waals surface area contributed by atoms with Crippen LogP contribution < -0.4 is 5.32 Å². The van der Waals surface area contributed by atoms with Crippen LogP contribution in [0.2, 0.25) is 5.02 Å². The van der Waals surface area contributed by atoms with Gasteiger partial charge in [-0.15, -0.1) is 11.8 Å². The molecule has 1 atom stereocenters. The van der Waals surface area contributed by atoms with Crippen molar-refractivity contribution in [2.45, 2.75) is 38.6 Å². The topological polar surface area (TPSA) is 49.4 Å². The van der Waals surface area contributed by atoms with Gasteiger partial charge in [-0.25, -0.2) is 0 Å². The molecule has 6 heteroatoms. The zero-order chi connectivity index (χ0) is 24.5. The number of hydrogen-bond acceptors (Lipinski definition) is 3. The van der Waals surface area contributed by atoms with Gasteiger partial charge in [-0.1, -0.05) is 89.5 Å².